The molecule has 3 nitrogen and oxygen atoms in total. The van der Waals surface area contributed by atoms with E-state index in [9.17, 15) is 9.59 Å². The van der Waals surface area contributed by atoms with Gasteiger partial charge < -0.3 is 4.90 Å². The van der Waals surface area contributed by atoms with Gasteiger partial charge in [0.25, 0.3) is 0 Å². The molecule has 38 heavy (non-hydrogen) atoms. The number of Topliss-reactive ketones (excluding diaryl/α,β-unsaturated/α-hetero) is 1. The summed E-state index contributed by atoms with van der Waals surface area (Å²) in [4.78, 5) is 29.3. The molecule has 0 unspecified atom stereocenters. The monoisotopic (exact) mass is 507 g/mol. The Balaban J connectivity index is 1.63. The Morgan fingerprint density at radius 2 is 1.39 bits per heavy atom. The minimum atomic E-state index is -0.724. The van der Waals surface area contributed by atoms with E-state index in [2.05, 4.69) is 84.0 Å². The second kappa shape index (κ2) is 9.52. The van der Waals surface area contributed by atoms with Crippen molar-refractivity contribution in [2.24, 2.45) is 5.92 Å². The highest BCUT2D eigenvalue weighted by Crippen LogP contribution is 2.52. The van der Waals surface area contributed by atoms with Gasteiger partial charge in [0.15, 0.2) is 0 Å². The maximum absolute atomic E-state index is 14.8. The quantitative estimate of drug-likeness (QED) is 0.355. The molecule has 2 aliphatic rings. The SMILES string of the molecule is CC(C)(C)c1cc(CN2C(=O)[C@@](Cc3ccccc3)([C@H]3CCC(=O)C3)c3ccccc32)cc(C(C)(C)C)c1. The summed E-state index contributed by atoms with van der Waals surface area (Å²) >= 11 is 0. The molecule has 1 fully saturated rings. The first kappa shape index (κ1) is 26.4. The molecule has 0 radical (unpaired) electrons. The number of carbonyl (C=O) groups is 2. The molecule has 3 heteroatoms. The van der Waals surface area contributed by atoms with Gasteiger partial charge in [-0.1, -0.05) is 108 Å². The summed E-state index contributed by atoms with van der Waals surface area (Å²) in [7, 11) is 0. The lowest BCUT2D eigenvalue weighted by molar-refractivity contribution is -0.125. The van der Waals surface area contributed by atoms with Gasteiger partial charge in [-0.25, -0.2) is 0 Å². The van der Waals surface area contributed by atoms with Gasteiger partial charge in [-0.3, -0.25) is 9.59 Å². The topological polar surface area (TPSA) is 37.4 Å². The van der Waals surface area contributed by atoms with Gasteiger partial charge in [-0.2, -0.15) is 0 Å². The predicted molar refractivity (Wildman–Crippen MR) is 156 cm³/mol. The number of amides is 1. The number of fused-ring (bicyclic) bond motifs is 1. The lowest BCUT2D eigenvalue weighted by Gasteiger charge is -2.35. The largest absolute Gasteiger partial charge is 0.307 e. The maximum Gasteiger partial charge on any atom is 0.238 e. The first-order chi connectivity index (χ1) is 17.9. The first-order valence-electron chi connectivity index (χ1n) is 14.0. The fourth-order valence-corrected chi connectivity index (χ4v) is 6.40. The third kappa shape index (κ3) is 4.72. The second-order valence-corrected chi connectivity index (χ2v) is 13.4. The van der Waals surface area contributed by atoms with Crippen LogP contribution in [0.3, 0.4) is 0 Å². The van der Waals surface area contributed by atoms with E-state index in [1.54, 1.807) is 0 Å². The Kier molecular flexibility index (Phi) is 6.62. The normalized spacial score (nSPS) is 21.7. The van der Waals surface area contributed by atoms with Crippen molar-refractivity contribution in [2.45, 2.75) is 90.0 Å². The fourth-order valence-electron chi connectivity index (χ4n) is 6.40. The summed E-state index contributed by atoms with van der Waals surface area (Å²) < 4.78 is 0. The Bertz CT molecular complexity index is 1330. The van der Waals surface area contributed by atoms with Crippen molar-refractivity contribution >= 4 is 17.4 Å². The van der Waals surface area contributed by atoms with Crippen LogP contribution >= 0.6 is 0 Å². The predicted octanol–water partition coefficient (Wildman–Crippen LogP) is 7.68. The number of benzene rings is 3. The summed E-state index contributed by atoms with van der Waals surface area (Å²) in [6, 6.07) is 25.5. The summed E-state index contributed by atoms with van der Waals surface area (Å²) in [5.41, 5.74) is 6.23. The highest BCUT2D eigenvalue weighted by molar-refractivity contribution is 6.09. The lowest BCUT2D eigenvalue weighted by atomic mass is 9.66. The highest BCUT2D eigenvalue weighted by Gasteiger charge is 2.56. The molecule has 0 N–H and O–H groups in total. The van der Waals surface area contributed by atoms with Crippen molar-refractivity contribution in [3.05, 3.63) is 101 Å². The van der Waals surface area contributed by atoms with Crippen LogP contribution in [0.1, 0.15) is 88.6 Å². The fraction of sp³-hybridized carbons (Fsp3) is 0.429. The molecule has 3 aromatic carbocycles. The Morgan fingerprint density at radius 3 is 1.97 bits per heavy atom. The minimum Gasteiger partial charge on any atom is -0.307 e. The molecular formula is C35H41NO2. The molecule has 0 saturated heterocycles. The van der Waals surface area contributed by atoms with Crippen LogP contribution in [-0.4, -0.2) is 11.7 Å². The highest BCUT2D eigenvalue weighted by atomic mass is 16.2. The second-order valence-electron chi connectivity index (χ2n) is 13.4. The molecule has 1 aliphatic carbocycles. The van der Waals surface area contributed by atoms with E-state index in [0.29, 0.717) is 25.8 Å². The van der Waals surface area contributed by atoms with E-state index in [0.717, 1.165) is 28.8 Å². The standard InChI is InChI=1S/C35H41NO2/c1-33(2,3)27-18-25(19-28(20-27)34(4,5)6)23-36-31-15-11-10-14-30(31)35(32(36)38,26-16-17-29(37)21-26)22-24-12-8-7-9-13-24/h7-15,18-20,26H,16-17,21-23H2,1-6H3/t26-,35-/m0/s1. The molecular weight excluding hydrogens is 466 g/mol. The molecule has 0 bridgehead atoms. The molecule has 1 aliphatic heterocycles. The van der Waals surface area contributed by atoms with Crippen LogP contribution in [0, 0.1) is 5.92 Å². The van der Waals surface area contributed by atoms with Crippen LogP contribution in [0.2, 0.25) is 0 Å². The van der Waals surface area contributed by atoms with Crippen molar-refractivity contribution in [1.82, 2.24) is 0 Å². The van der Waals surface area contributed by atoms with Crippen LogP contribution in [0.4, 0.5) is 5.69 Å². The third-order valence-electron chi connectivity index (χ3n) is 8.64. The molecule has 198 valence electrons. The third-order valence-corrected chi connectivity index (χ3v) is 8.64. The van der Waals surface area contributed by atoms with E-state index < -0.39 is 5.41 Å². The summed E-state index contributed by atoms with van der Waals surface area (Å²) in [5, 5.41) is 0. The number of hydrogen-bond acceptors (Lipinski definition) is 2. The molecule has 0 aromatic heterocycles. The molecule has 3 aromatic rings. The van der Waals surface area contributed by atoms with Crippen molar-refractivity contribution in [1.29, 1.82) is 0 Å². The van der Waals surface area contributed by atoms with E-state index >= 15 is 0 Å². The van der Waals surface area contributed by atoms with Crippen molar-refractivity contribution in [3.63, 3.8) is 0 Å². The smallest absolute Gasteiger partial charge is 0.238 e. The number of carbonyl (C=O) groups excluding carboxylic acids is 2. The van der Waals surface area contributed by atoms with Crippen LogP contribution in [-0.2, 0) is 38.8 Å². The minimum absolute atomic E-state index is 0.00418. The van der Waals surface area contributed by atoms with Gasteiger partial charge in [-0.05, 0) is 63.5 Å². The van der Waals surface area contributed by atoms with Gasteiger partial charge in [0.2, 0.25) is 5.91 Å². The number of rotatable bonds is 5. The van der Waals surface area contributed by atoms with Gasteiger partial charge in [0.1, 0.15) is 5.78 Å². The number of hydrogen-bond donors (Lipinski definition) is 0. The molecule has 1 heterocycles. The summed E-state index contributed by atoms with van der Waals surface area (Å²) in [6.45, 7) is 14.0. The van der Waals surface area contributed by atoms with Crippen LogP contribution in [0.25, 0.3) is 0 Å². The number of anilines is 1. The number of nitrogens with zero attached hydrogens (tertiary/aromatic N) is 1. The van der Waals surface area contributed by atoms with Crippen molar-refractivity contribution < 1.29 is 9.59 Å². The van der Waals surface area contributed by atoms with Gasteiger partial charge in [0, 0.05) is 18.5 Å². The number of ketones is 1. The van der Waals surface area contributed by atoms with Crippen molar-refractivity contribution in [2.75, 3.05) is 4.90 Å². The zero-order valence-corrected chi connectivity index (χ0v) is 23.8. The molecule has 1 amide bonds. The maximum atomic E-state index is 14.8. The van der Waals surface area contributed by atoms with Gasteiger partial charge >= 0.3 is 0 Å². The van der Waals surface area contributed by atoms with E-state index in [1.807, 2.05) is 35.2 Å². The Labute approximate surface area is 228 Å². The Morgan fingerprint density at radius 1 is 0.789 bits per heavy atom. The van der Waals surface area contributed by atoms with E-state index in [4.69, 9.17) is 0 Å². The first-order valence-corrected chi connectivity index (χ1v) is 14.0. The van der Waals surface area contributed by atoms with Crippen LogP contribution < -0.4 is 4.90 Å². The molecule has 1 saturated carbocycles. The van der Waals surface area contributed by atoms with E-state index in [-0.39, 0.29) is 28.4 Å². The van der Waals surface area contributed by atoms with Crippen molar-refractivity contribution in [3.8, 4) is 0 Å². The lowest BCUT2D eigenvalue weighted by Crippen LogP contribution is -2.46. The number of para-hydroxylation sites is 1. The van der Waals surface area contributed by atoms with Crippen LogP contribution in [0.15, 0.2) is 72.8 Å². The zero-order valence-electron chi connectivity index (χ0n) is 23.8. The van der Waals surface area contributed by atoms with E-state index in [1.165, 1.54) is 11.1 Å². The average molecular weight is 508 g/mol. The molecule has 2 atom stereocenters. The molecule has 0 spiro atoms. The summed E-state index contributed by atoms with van der Waals surface area (Å²) in [6.07, 6.45) is 2.44. The zero-order chi connectivity index (χ0) is 27.3. The van der Waals surface area contributed by atoms with Gasteiger partial charge in [-0.15, -0.1) is 0 Å². The molecule has 5 rings (SSSR count). The van der Waals surface area contributed by atoms with Crippen LogP contribution in [0.5, 0.6) is 0 Å². The summed E-state index contributed by atoms with van der Waals surface area (Å²) in [5.74, 6) is 0.430. The Hall–Kier alpha value is -3.20. The van der Waals surface area contributed by atoms with Gasteiger partial charge in [0.05, 0.1) is 12.0 Å². The average Bonchev–Trinajstić information content (AvgIpc) is 3.40.